The van der Waals surface area contributed by atoms with E-state index in [4.69, 9.17) is 10.5 Å². The SMILES string of the molecule is COc1ccc(C)cc1C(=O)NC1CC(N)C1(C)C. The summed E-state index contributed by atoms with van der Waals surface area (Å²) < 4.78 is 5.24. The van der Waals surface area contributed by atoms with E-state index in [1.165, 1.54) is 0 Å². The van der Waals surface area contributed by atoms with Crippen LogP contribution in [-0.2, 0) is 0 Å². The number of methoxy groups -OCH3 is 1. The van der Waals surface area contributed by atoms with Gasteiger partial charge in [0.15, 0.2) is 0 Å². The molecular weight excluding hydrogens is 240 g/mol. The second-order valence-corrected chi connectivity index (χ2v) is 5.89. The Bertz CT molecular complexity index is 497. The molecule has 1 aromatic carbocycles. The molecule has 104 valence electrons. The number of carbonyl (C=O) groups is 1. The molecule has 2 unspecified atom stereocenters. The van der Waals surface area contributed by atoms with E-state index in [1.807, 2.05) is 25.1 Å². The number of nitrogens with one attached hydrogen (secondary N) is 1. The van der Waals surface area contributed by atoms with Crippen molar-refractivity contribution in [2.75, 3.05) is 7.11 Å². The Kier molecular flexibility index (Phi) is 3.54. The van der Waals surface area contributed by atoms with Crippen LogP contribution in [0.2, 0.25) is 0 Å². The van der Waals surface area contributed by atoms with Crippen LogP contribution < -0.4 is 15.8 Å². The molecule has 1 amide bonds. The fourth-order valence-electron chi connectivity index (χ4n) is 2.44. The van der Waals surface area contributed by atoms with Crippen LogP contribution in [0.15, 0.2) is 18.2 Å². The Morgan fingerprint density at radius 1 is 1.47 bits per heavy atom. The molecule has 0 heterocycles. The van der Waals surface area contributed by atoms with Gasteiger partial charge in [0.2, 0.25) is 0 Å². The van der Waals surface area contributed by atoms with Crippen molar-refractivity contribution in [2.24, 2.45) is 11.1 Å². The van der Waals surface area contributed by atoms with Gasteiger partial charge in [-0.3, -0.25) is 4.79 Å². The molecule has 4 nitrogen and oxygen atoms in total. The van der Waals surface area contributed by atoms with Crippen molar-refractivity contribution in [3.05, 3.63) is 29.3 Å². The van der Waals surface area contributed by atoms with Gasteiger partial charge in [-0.1, -0.05) is 25.5 Å². The van der Waals surface area contributed by atoms with Crippen LogP contribution in [-0.4, -0.2) is 25.1 Å². The Hall–Kier alpha value is -1.55. The molecule has 4 heteroatoms. The lowest BCUT2D eigenvalue weighted by Crippen LogP contribution is -2.64. The van der Waals surface area contributed by atoms with E-state index in [2.05, 4.69) is 19.2 Å². The average Bonchev–Trinajstić information content (AvgIpc) is 2.38. The van der Waals surface area contributed by atoms with Crippen molar-refractivity contribution in [1.82, 2.24) is 5.32 Å². The summed E-state index contributed by atoms with van der Waals surface area (Å²) in [5.74, 6) is 0.509. The lowest BCUT2D eigenvalue weighted by molar-refractivity contribution is 0.0585. The highest BCUT2D eigenvalue weighted by molar-refractivity contribution is 5.97. The van der Waals surface area contributed by atoms with Crippen molar-refractivity contribution < 1.29 is 9.53 Å². The average molecular weight is 262 g/mol. The van der Waals surface area contributed by atoms with E-state index < -0.39 is 0 Å². The first kappa shape index (κ1) is 13.9. The molecule has 3 N–H and O–H groups in total. The second-order valence-electron chi connectivity index (χ2n) is 5.89. The van der Waals surface area contributed by atoms with Gasteiger partial charge in [0.1, 0.15) is 5.75 Å². The minimum Gasteiger partial charge on any atom is -0.496 e. The zero-order valence-electron chi connectivity index (χ0n) is 12.0. The Labute approximate surface area is 114 Å². The molecule has 0 saturated heterocycles. The smallest absolute Gasteiger partial charge is 0.255 e. The van der Waals surface area contributed by atoms with Gasteiger partial charge in [-0.2, -0.15) is 0 Å². The monoisotopic (exact) mass is 262 g/mol. The summed E-state index contributed by atoms with van der Waals surface area (Å²) in [6.07, 6.45) is 0.826. The number of hydrogen-bond acceptors (Lipinski definition) is 3. The van der Waals surface area contributed by atoms with E-state index in [-0.39, 0.29) is 23.4 Å². The lowest BCUT2D eigenvalue weighted by Gasteiger charge is -2.50. The number of benzene rings is 1. The van der Waals surface area contributed by atoms with Crippen LogP contribution in [0.1, 0.15) is 36.2 Å². The fraction of sp³-hybridized carbons (Fsp3) is 0.533. The zero-order valence-corrected chi connectivity index (χ0v) is 12.0. The molecule has 1 fully saturated rings. The minimum atomic E-state index is -0.0921. The van der Waals surface area contributed by atoms with E-state index in [0.717, 1.165) is 12.0 Å². The predicted octanol–water partition coefficient (Wildman–Crippen LogP) is 1.86. The molecule has 1 saturated carbocycles. The first-order valence-electron chi connectivity index (χ1n) is 6.57. The van der Waals surface area contributed by atoms with Crippen molar-refractivity contribution >= 4 is 5.91 Å². The molecule has 0 bridgehead atoms. The van der Waals surface area contributed by atoms with Gasteiger partial charge >= 0.3 is 0 Å². The molecule has 0 aliphatic heterocycles. The summed E-state index contributed by atoms with van der Waals surface area (Å²) in [4.78, 5) is 12.3. The molecule has 0 aromatic heterocycles. The number of aryl methyl sites for hydroxylation is 1. The summed E-state index contributed by atoms with van der Waals surface area (Å²) in [7, 11) is 1.57. The van der Waals surface area contributed by atoms with Crippen LogP contribution in [0.5, 0.6) is 5.75 Å². The Morgan fingerprint density at radius 2 is 2.16 bits per heavy atom. The third-order valence-electron chi connectivity index (χ3n) is 4.25. The number of carbonyl (C=O) groups excluding carboxylic acids is 1. The molecule has 0 radical (unpaired) electrons. The quantitative estimate of drug-likeness (QED) is 0.874. The highest BCUT2D eigenvalue weighted by atomic mass is 16.5. The van der Waals surface area contributed by atoms with Gasteiger partial charge < -0.3 is 15.8 Å². The third kappa shape index (κ3) is 2.45. The van der Waals surface area contributed by atoms with Crippen LogP contribution >= 0.6 is 0 Å². The topological polar surface area (TPSA) is 64.3 Å². The first-order valence-corrected chi connectivity index (χ1v) is 6.57. The maximum Gasteiger partial charge on any atom is 0.255 e. The maximum atomic E-state index is 12.3. The summed E-state index contributed by atoms with van der Waals surface area (Å²) >= 11 is 0. The standard InChI is InChI=1S/C15H22N2O2/c1-9-5-6-11(19-4)10(7-9)14(18)17-13-8-12(16)15(13,2)3/h5-7,12-13H,8,16H2,1-4H3,(H,17,18). The Balaban J connectivity index is 2.15. The maximum absolute atomic E-state index is 12.3. The molecule has 0 spiro atoms. The number of rotatable bonds is 3. The van der Waals surface area contributed by atoms with Crippen LogP contribution in [0, 0.1) is 12.3 Å². The second kappa shape index (κ2) is 4.85. The zero-order chi connectivity index (χ0) is 14.2. The largest absolute Gasteiger partial charge is 0.496 e. The van der Waals surface area contributed by atoms with Crippen LogP contribution in [0.4, 0.5) is 0 Å². The third-order valence-corrected chi connectivity index (χ3v) is 4.25. The van der Waals surface area contributed by atoms with Gasteiger partial charge in [-0.05, 0) is 25.5 Å². The van der Waals surface area contributed by atoms with Crippen LogP contribution in [0.3, 0.4) is 0 Å². The number of amides is 1. The van der Waals surface area contributed by atoms with Gasteiger partial charge in [-0.25, -0.2) is 0 Å². The van der Waals surface area contributed by atoms with Crippen molar-refractivity contribution in [3.8, 4) is 5.75 Å². The number of hydrogen-bond donors (Lipinski definition) is 2. The Morgan fingerprint density at radius 3 is 2.68 bits per heavy atom. The highest BCUT2D eigenvalue weighted by Gasteiger charge is 2.46. The number of nitrogens with two attached hydrogens (primary N) is 1. The molecule has 2 atom stereocenters. The van der Waals surface area contributed by atoms with E-state index in [9.17, 15) is 4.79 Å². The van der Waals surface area contributed by atoms with Gasteiger partial charge in [-0.15, -0.1) is 0 Å². The summed E-state index contributed by atoms with van der Waals surface area (Å²) in [6, 6.07) is 5.87. The molecular formula is C15H22N2O2. The summed E-state index contributed by atoms with van der Waals surface area (Å²) in [5, 5.41) is 3.06. The highest BCUT2D eigenvalue weighted by Crippen LogP contribution is 2.39. The minimum absolute atomic E-state index is 0.0489. The summed E-state index contributed by atoms with van der Waals surface area (Å²) in [6.45, 7) is 6.12. The lowest BCUT2D eigenvalue weighted by atomic mass is 9.63. The molecule has 19 heavy (non-hydrogen) atoms. The van der Waals surface area contributed by atoms with Crippen molar-refractivity contribution in [1.29, 1.82) is 0 Å². The normalized spacial score (nSPS) is 24.5. The van der Waals surface area contributed by atoms with Crippen molar-refractivity contribution in [3.63, 3.8) is 0 Å². The van der Waals surface area contributed by atoms with Gasteiger partial charge in [0.25, 0.3) is 5.91 Å². The summed E-state index contributed by atoms with van der Waals surface area (Å²) in [5.41, 5.74) is 7.54. The molecule has 1 aromatic rings. The van der Waals surface area contributed by atoms with Gasteiger partial charge in [0, 0.05) is 17.5 Å². The van der Waals surface area contributed by atoms with E-state index in [0.29, 0.717) is 11.3 Å². The van der Waals surface area contributed by atoms with E-state index >= 15 is 0 Å². The van der Waals surface area contributed by atoms with Gasteiger partial charge in [0.05, 0.1) is 12.7 Å². The fourth-order valence-corrected chi connectivity index (χ4v) is 2.44. The first-order chi connectivity index (χ1) is 8.86. The number of ether oxygens (including phenoxy) is 1. The van der Waals surface area contributed by atoms with Crippen molar-refractivity contribution in [2.45, 2.75) is 39.3 Å². The van der Waals surface area contributed by atoms with E-state index in [1.54, 1.807) is 7.11 Å². The molecule has 1 aliphatic carbocycles. The molecule has 1 aliphatic rings. The molecule has 2 rings (SSSR count). The predicted molar refractivity (Wildman–Crippen MR) is 75.4 cm³/mol. The van der Waals surface area contributed by atoms with Crippen LogP contribution in [0.25, 0.3) is 0 Å².